The van der Waals surface area contributed by atoms with Crippen molar-refractivity contribution in [3.63, 3.8) is 0 Å². The Bertz CT molecular complexity index is 522. The number of hydrogen-bond donors (Lipinski definition) is 1. The topological polar surface area (TPSA) is 24.9 Å². The molecular weight excluding hydrogens is 276 g/mol. The Morgan fingerprint density at radius 3 is 2.38 bits per heavy atom. The van der Waals surface area contributed by atoms with Crippen molar-refractivity contribution in [2.45, 2.75) is 84.2 Å². The highest BCUT2D eigenvalue weighted by Crippen LogP contribution is 2.54. The molecule has 2 aliphatic rings. The number of rotatable bonds is 3. The third-order valence-electron chi connectivity index (χ3n) is 5.15. The van der Waals surface area contributed by atoms with Gasteiger partial charge in [-0.1, -0.05) is 41.5 Å². The summed E-state index contributed by atoms with van der Waals surface area (Å²) >= 11 is 1.87. The van der Waals surface area contributed by atoms with E-state index in [1.807, 2.05) is 11.3 Å². The summed E-state index contributed by atoms with van der Waals surface area (Å²) in [5.74, 6) is 0.659. The Kier molecular flexibility index (Phi) is 3.53. The van der Waals surface area contributed by atoms with Crippen molar-refractivity contribution in [3.8, 4) is 0 Å². The first-order valence-corrected chi connectivity index (χ1v) is 9.25. The van der Waals surface area contributed by atoms with Crippen molar-refractivity contribution in [2.75, 3.05) is 0 Å². The van der Waals surface area contributed by atoms with Crippen LogP contribution in [0, 0.1) is 11.3 Å². The first-order valence-electron chi connectivity index (χ1n) is 8.37. The van der Waals surface area contributed by atoms with Crippen molar-refractivity contribution in [2.24, 2.45) is 11.3 Å². The largest absolute Gasteiger partial charge is 0.302 e. The number of thiazole rings is 1. The van der Waals surface area contributed by atoms with Gasteiger partial charge < -0.3 is 5.32 Å². The molecule has 0 amide bonds. The number of hydrogen-bond acceptors (Lipinski definition) is 3. The number of aromatic nitrogens is 1. The molecule has 21 heavy (non-hydrogen) atoms. The third-order valence-corrected chi connectivity index (χ3v) is 6.17. The molecule has 2 atom stereocenters. The van der Waals surface area contributed by atoms with Gasteiger partial charge in [-0.15, -0.1) is 11.3 Å². The van der Waals surface area contributed by atoms with Crippen LogP contribution >= 0.6 is 11.3 Å². The average molecular weight is 307 g/mol. The van der Waals surface area contributed by atoms with Crippen LogP contribution in [0.4, 0.5) is 0 Å². The first kappa shape index (κ1) is 15.5. The molecule has 1 aromatic rings. The minimum Gasteiger partial charge on any atom is -0.302 e. The standard InChI is InChI=1S/C18H30N2S/c1-12-9-17(5,6)11-18(12,20-13-7-8-13)15-19-14(10-21-15)16(2,3)4/h10,12-13,20H,7-9,11H2,1-6H3. The Labute approximate surface area is 133 Å². The van der Waals surface area contributed by atoms with E-state index in [0.717, 1.165) is 6.04 Å². The van der Waals surface area contributed by atoms with Gasteiger partial charge in [0.15, 0.2) is 0 Å². The molecular formula is C18H30N2S. The zero-order valence-corrected chi connectivity index (χ0v) is 15.2. The van der Waals surface area contributed by atoms with Crippen LogP contribution in [0.5, 0.6) is 0 Å². The summed E-state index contributed by atoms with van der Waals surface area (Å²) in [5.41, 5.74) is 1.91. The smallest absolute Gasteiger partial charge is 0.113 e. The van der Waals surface area contributed by atoms with Gasteiger partial charge in [0.25, 0.3) is 0 Å². The van der Waals surface area contributed by atoms with Crippen LogP contribution in [0.1, 0.15) is 77.9 Å². The second-order valence-electron chi connectivity index (χ2n) is 9.12. The Morgan fingerprint density at radius 1 is 1.29 bits per heavy atom. The molecule has 0 spiro atoms. The van der Waals surface area contributed by atoms with Crippen molar-refractivity contribution in [1.82, 2.24) is 10.3 Å². The highest BCUT2D eigenvalue weighted by molar-refractivity contribution is 7.09. The van der Waals surface area contributed by atoms with E-state index in [2.05, 4.69) is 52.2 Å². The summed E-state index contributed by atoms with van der Waals surface area (Å²) in [6.45, 7) is 14.0. The maximum atomic E-state index is 5.09. The molecule has 2 saturated carbocycles. The van der Waals surface area contributed by atoms with E-state index in [9.17, 15) is 0 Å². The second kappa shape index (κ2) is 4.79. The maximum Gasteiger partial charge on any atom is 0.113 e. The second-order valence-corrected chi connectivity index (χ2v) is 9.98. The summed E-state index contributed by atoms with van der Waals surface area (Å²) in [6, 6.07) is 0.725. The summed E-state index contributed by atoms with van der Waals surface area (Å²) in [5, 5.41) is 7.61. The number of nitrogens with zero attached hydrogens (tertiary/aromatic N) is 1. The quantitative estimate of drug-likeness (QED) is 0.864. The minimum absolute atomic E-state index is 0.110. The Balaban J connectivity index is 1.98. The molecule has 3 rings (SSSR count). The lowest BCUT2D eigenvalue weighted by Crippen LogP contribution is -2.46. The lowest BCUT2D eigenvalue weighted by atomic mass is 9.86. The highest BCUT2D eigenvalue weighted by Gasteiger charge is 2.53. The average Bonchev–Trinajstić information content (AvgIpc) is 2.89. The fourth-order valence-corrected chi connectivity index (χ4v) is 5.28. The van der Waals surface area contributed by atoms with E-state index in [0.29, 0.717) is 11.3 Å². The van der Waals surface area contributed by atoms with Crippen molar-refractivity contribution >= 4 is 11.3 Å². The lowest BCUT2D eigenvalue weighted by Gasteiger charge is -2.34. The van der Waals surface area contributed by atoms with Gasteiger partial charge in [0.05, 0.1) is 11.2 Å². The molecule has 2 unspecified atom stereocenters. The SMILES string of the molecule is CC1CC(C)(C)CC1(NC1CC1)c1nc(C(C)(C)C)cs1. The van der Waals surface area contributed by atoms with Gasteiger partial charge in [-0.05, 0) is 37.0 Å². The zero-order valence-electron chi connectivity index (χ0n) is 14.4. The molecule has 118 valence electrons. The van der Waals surface area contributed by atoms with E-state index >= 15 is 0 Å². The molecule has 0 aromatic carbocycles. The van der Waals surface area contributed by atoms with Gasteiger partial charge in [-0.2, -0.15) is 0 Å². The van der Waals surface area contributed by atoms with E-state index in [1.165, 1.54) is 36.4 Å². The van der Waals surface area contributed by atoms with Gasteiger partial charge in [-0.3, -0.25) is 0 Å². The summed E-state index contributed by atoms with van der Waals surface area (Å²) < 4.78 is 0. The normalized spacial score (nSPS) is 32.6. The molecule has 2 nitrogen and oxygen atoms in total. The molecule has 1 N–H and O–H groups in total. The van der Waals surface area contributed by atoms with Crippen molar-refractivity contribution < 1.29 is 0 Å². The Hall–Kier alpha value is -0.410. The van der Waals surface area contributed by atoms with Gasteiger partial charge in [0.2, 0.25) is 0 Å². The van der Waals surface area contributed by atoms with Crippen molar-refractivity contribution in [1.29, 1.82) is 0 Å². The fourth-order valence-electron chi connectivity index (χ4n) is 3.96. The van der Waals surface area contributed by atoms with Crippen LogP contribution in [-0.2, 0) is 11.0 Å². The van der Waals surface area contributed by atoms with Crippen LogP contribution < -0.4 is 5.32 Å². The van der Waals surface area contributed by atoms with Crippen LogP contribution in [-0.4, -0.2) is 11.0 Å². The number of nitrogens with one attached hydrogen (secondary N) is 1. The lowest BCUT2D eigenvalue weighted by molar-refractivity contribution is 0.247. The van der Waals surface area contributed by atoms with Gasteiger partial charge >= 0.3 is 0 Å². The van der Waals surface area contributed by atoms with Gasteiger partial charge in [-0.25, -0.2) is 4.98 Å². The molecule has 0 bridgehead atoms. The molecule has 1 heterocycles. The molecule has 2 fully saturated rings. The van der Waals surface area contributed by atoms with Crippen LogP contribution in [0.15, 0.2) is 5.38 Å². The van der Waals surface area contributed by atoms with E-state index < -0.39 is 0 Å². The predicted octanol–water partition coefficient (Wildman–Crippen LogP) is 4.84. The Morgan fingerprint density at radius 2 is 1.95 bits per heavy atom. The monoisotopic (exact) mass is 306 g/mol. The van der Waals surface area contributed by atoms with Crippen LogP contribution in [0.2, 0.25) is 0 Å². The third kappa shape index (κ3) is 2.92. The minimum atomic E-state index is 0.110. The van der Waals surface area contributed by atoms with Gasteiger partial charge in [0, 0.05) is 16.8 Å². The highest BCUT2D eigenvalue weighted by atomic mass is 32.1. The fraction of sp³-hybridized carbons (Fsp3) is 0.833. The molecule has 0 aliphatic heterocycles. The van der Waals surface area contributed by atoms with Gasteiger partial charge in [0.1, 0.15) is 5.01 Å². The van der Waals surface area contributed by atoms with Crippen LogP contribution in [0.25, 0.3) is 0 Å². The first-order chi connectivity index (χ1) is 9.62. The zero-order chi connectivity index (χ0) is 15.5. The molecule has 3 heteroatoms. The van der Waals surface area contributed by atoms with E-state index in [4.69, 9.17) is 4.98 Å². The summed E-state index contributed by atoms with van der Waals surface area (Å²) in [7, 11) is 0. The van der Waals surface area contributed by atoms with E-state index in [1.54, 1.807) is 0 Å². The summed E-state index contributed by atoms with van der Waals surface area (Å²) in [4.78, 5) is 5.09. The van der Waals surface area contributed by atoms with Crippen molar-refractivity contribution in [3.05, 3.63) is 16.1 Å². The molecule has 1 aromatic heterocycles. The predicted molar refractivity (Wildman–Crippen MR) is 90.8 cm³/mol. The maximum absolute atomic E-state index is 5.09. The molecule has 2 aliphatic carbocycles. The molecule has 0 saturated heterocycles. The van der Waals surface area contributed by atoms with E-state index in [-0.39, 0.29) is 11.0 Å². The summed E-state index contributed by atoms with van der Waals surface area (Å²) in [6.07, 6.45) is 5.19. The molecule has 0 radical (unpaired) electrons. The van der Waals surface area contributed by atoms with Crippen LogP contribution in [0.3, 0.4) is 0 Å².